The first kappa shape index (κ1) is 11.2. The second-order valence-electron chi connectivity index (χ2n) is 4.30. The molecule has 90 valence electrons. The van der Waals surface area contributed by atoms with Crippen molar-refractivity contribution in [2.24, 2.45) is 0 Å². The number of H-pyrrole nitrogens is 1. The first-order valence-electron chi connectivity index (χ1n) is 5.87. The summed E-state index contributed by atoms with van der Waals surface area (Å²) in [5, 5.41) is 6.75. The van der Waals surface area contributed by atoms with Crippen LogP contribution in [0.1, 0.15) is 20.3 Å². The maximum Gasteiger partial charge on any atom is 0.246 e. The van der Waals surface area contributed by atoms with Gasteiger partial charge in [-0.15, -0.1) is 5.10 Å². The molecule has 0 amide bonds. The molecular formula is C10H20N6. The van der Waals surface area contributed by atoms with Gasteiger partial charge in [-0.1, -0.05) is 6.92 Å². The molecule has 0 radical (unpaired) electrons. The van der Waals surface area contributed by atoms with Gasteiger partial charge < -0.3 is 10.6 Å². The van der Waals surface area contributed by atoms with Crippen LogP contribution in [0.25, 0.3) is 0 Å². The topological polar surface area (TPSA) is 74.1 Å². The number of aromatic amines is 1. The summed E-state index contributed by atoms with van der Waals surface area (Å²) < 4.78 is 0. The Kier molecular flexibility index (Phi) is 3.28. The van der Waals surface area contributed by atoms with Crippen LogP contribution in [-0.4, -0.2) is 52.3 Å². The van der Waals surface area contributed by atoms with Crippen LogP contribution < -0.4 is 10.6 Å². The molecule has 2 heterocycles. The van der Waals surface area contributed by atoms with E-state index < -0.39 is 0 Å². The summed E-state index contributed by atoms with van der Waals surface area (Å²) in [6, 6.07) is 0.666. The first-order valence-corrected chi connectivity index (χ1v) is 5.87. The van der Waals surface area contributed by atoms with E-state index in [1.807, 2.05) is 0 Å². The fourth-order valence-corrected chi connectivity index (χ4v) is 2.03. The second kappa shape index (κ2) is 4.69. The minimum absolute atomic E-state index is 0.388. The number of hydrogen-bond donors (Lipinski definition) is 2. The molecule has 0 aliphatic carbocycles. The van der Waals surface area contributed by atoms with Crippen molar-refractivity contribution in [3.8, 4) is 0 Å². The van der Waals surface area contributed by atoms with Gasteiger partial charge in [-0.05, 0) is 13.3 Å². The summed E-state index contributed by atoms with van der Waals surface area (Å²) in [6.07, 6.45) is 1.20. The molecule has 1 aliphatic rings. The smallest absolute Gasteiger partial charge is 0.246 e. The summed E-state index contributed by atoms with van der Waals surface area (Å²) in [5.41, 5.74) is 5.52. The third-order valence-electron chi connectivity index (χ3n) is 3.30. The molecule has 0 spiro atoms. The van der Waals surface area contributed by atoms with Crippen molar-refractivity contribution in [3.63, 3.8) is 0 Å². The minimum Gasteiger partial charge on any atom is -0.368 e. The molecule has 1 aromatic heterocycles. The van der Waals surface area contributed by atoms with Gasteiger partial charge in [-0.2, -0.15) is 4.98 Å². The van der Waals surface area contributed by atoms with Crippen LogP contribution in [-0.2, 0) is 0 Å². The Bertz CT molecular complexity index is 328. The van der Waals surface area contributed by atoms with Crippen LogP contribution in [0.3, 0.4) is 0 Å². The highest BCUT2D eigenvalue weighted by Crippen LogP contribution is 2.13. The molecular weight excluding hydrogens is 204 g/mol. The molecule has 1 aromatic rings. The van der Waals surface area contributed by atoms with E-state index in [9.17, 15) is 0 Å². The van der Waals surface area contributed by atoms with Crippen molar-refractivity contribution in [3.05, 3.63) is 0 Å². The molecule has 6 nitrogen and oxygen atoms in total. The summed E-state index contributed by atoms with van der Waals surface area (Å²) >= 11 is 0. The van der Waals surface area contributed by atoms with E-state index in [1.165, 1.54) is 6.42 Å². The van der Waals surface area contributed by atoms with Crippen LogP contribution in [0.15, 0.2) is 0 Å². The van der Waals surface area contributed by atoms with Gasteiger partial charge in [0.05, 0.1) is 0 Å². The average molecular weight is 224 g/mol. The maximum absolute atomic E-state index is 5.52. The number of nitrogens with zero attached hydrogens (tertiary/aromatic N) is 4. The number of hydrogen-bond acceptors (Lipinski definition) is 5. The van der Waals surface area contributed by atoms with Crippen molar-refractivity contribution >= 4 is 11.9 Å². The Hall–Kier alpha value is -1.30. The van der Waals surface area contributed by atoms with Gasteiger partial charge in [0.2, 0.25) is 11.9 Å². The largest absolute Gasteiger partial charge is 0.368 e. The molecule has 1 aliphatic heterocycles. The zero-order chi connectivity index (χ0) is 11.5. The highest BCUT2D eigenvalue weighted by Gasteiger charge is 2.22. The molecule has 3 N–H and O–H groups in total. The Morgan fingerprint density at radius 3 is 2.56 bits per heavy atom. The second-order valence-corrected chi connectivity index (χ2v) is 4.30. The zero-order valence-corrected chi connectivity index (χ0v) is 9.98. The van der Waals surface area contributed by atoms with E-state index in [-0.39, 0.29) is 0 Å². The number of nitrogens with one attached hydrogen (secondary N) is 1. The SMILES string of the molecule is CCC(C)N1CCN(c2n[nH]c(N)n2)CC1. The van der Waals surface area contributed by atoms with E-state index in [0.29, 0.717) is 12.0 Å². The van der Waals surface area contributed by atoms with Gasteiger partial charge in [-0.3, -0.25) is 4.90 Å². The van der Waals surface area contributed by atoms with Gasteiger partial charge in [0.15, 0.2) is 0 Å². The lowest BCUT2D eigenvalue weighted by Crippen LogP contribution is -2.49. The monoisotopic (exact) mass is 224 g/mol. The number of nitrogen functional groups attached to an aromatic ring is 1. The molecule has 6 heteroatoms. The van der Waals surface area contributed by atoms with Crippen LogP contribution in [0.5, 0.6) is 0 Å². The Morgan fingerprint density at radius 1 is 1.38 bits per heavy atom. The minimum atomic E-state index is 0.388. The Morgan fingerprint density at radius 2 is 2.06 bits per heavy atom. The summed E-state index contributed by atoms with van der Waals surface area (Å²) in [6.45, 7) is 8.60. The number of rotatable bonds is 3. The van der Waals surface area contributed by atoms with E-state index >= 15 is 0 Å². The average Bonchev–Trinajstić information content (AvgIpc) is 2.75. The third-order valence-corrected chi connectivity index (χ3v) is 3.30. The molecule has 1 saturated heterocycles. The summed E-state index contributed by atoms with van der Waals surface area (Å²) in [4.78, 5) is 8.82. The van der Waals surface area contributed by atoms with E-state index in [1.54, 1.807) is 0 Å². The fraction of sp³-hybridized carbons (Fsp3) is 0.800. The lowest BCUT2D eigenvalue weighted by Gasteiger charge is -2.37. The van der Waals surface area contributed by atoms with E-state index in [4.69, 9.17) is 5.73 Å². The normalized spacial score (nSPS) is 20.0. The molecule has 0 bridgehead atoms. The van der Waals surface area contributed by atoms with Crippen LogP contribution in [0.2, 0.25) is 0 Å². The number of piperazine rings is 1. The van der Waals surface area contributed by atoms with Crippen molar-refractivity contribution in [1.29, 1.82) is 0 Å². The number of aromatic nitrogens is 3. The molecule has 1 atom stereocenters. The highest BCUT2D eigenvalue weighted by atomic mass is 15.4. The fourth-order valence-electron chi connectivity index (χ4n) is 2.03. The summed E-state index contributed by atoms with van der Waals surface area (Å²) in [7, 11) is 0. The third kappa shape index (κ3) is 2.27. The highest BCUT2D eigenvalue weighted by molar-refractivity contribution is 5.34. The zero-order valence-electron chi connectivity index (χ0n) is 9.98. The molecule has 16 heavy (non-hydrogen) atoms. The molecule has 1 unspecified atom stereocenters. The van der Waals surface area contributed by atoms with Gasteiger partial charge in [0, 0.05) is 32.2 Å². The number of anilines is 2. The standard InChI is InChI=1S/C10H20N6/c1-3-8(2)15-4-6-16(7-5-15)10-12-9(11)13-14-10/h8H,3-7H2,1-2H3,(H3,11,12,13,14). The molecule has 0 aromatic carbocycles. The molecule has 1 fully saturated rings. The predicted molar refractivity (Wildman–Crippen MR) is 64.3 cm³/mol. The molecule has 2 rings (SSSR count). The van der Waals surface area contributed by atoms with Gasteiger partial charge in [0.1, 0.15) is 0 Å². The first-order chi connectivity index (χ1) is 7.70. The lowest BCUT2D eigenvalue weighted by atomic mass is 10.2. The van der Waals surface area contributed by atoms with E-state index in [0.717, 1.165) is 32.1 Å². The Balaban J connectivity index is 1.90. The van der Waals surface area contributed by atoms with E-state index in [2.05, 4.69) is 38.8 Å². The predicted octanol–water partition coefficient (Wildman–Crippen LogP) is 0.307. The van der Waals surface area contributed by atoms with Gasteiger partial charge in [0.25, 0.3) is 0 Å². The molecule has 0 saturated carbocycles. The number of nitrogens with two attached hydrogens (primary N) is 1. The van der Waals surface area contributed by atoms with Crippen molar-refractivity contribution < 1.29 is 0 Å². The Labute approximate surface area is 95.8 Å². The van der Waals surface area contributed by atoms with Crippen LogP contribution in [0.4, 0.5) is 11.9 Å². The van der Waals surface area contributed by atoms with Crippen molar-refractivity contribution in [2.45, 2.75) is 26.3 Å². The quantitative estimate of drug-likeness (QED) is 0.773. The lowest BCUT2D eigenvalue weighted by molar-refractivity contribution is 0.192. The summed E-state index contributed by atoms with van der Waals surface area (Å²) in [5.74, 6) is 1.11. The maximum atomic E-state index is 5.52. The van der Waals surface area contributed by atoms with Crippen molar-refractivity contribution in [1.82, 2.24) is 20.1 Å². The van der Waals surface area contributed by atoms with Gasteiger partial charge in [-0.25, -0.2) is 5.10 Å². The van der Waals surface area contributed by atoms with Crippen LogP contribution in [0, 0.1) is 0 Å². The van der Waals surface area contributed by atoms with Crippen molar-refractivity contribution in [2.75, 3.05) is 36.8 Å². The van der Waals surface area contributed by atoms with Gasteiger partial charge >= 0.3 is 0 Å². The van der Waals surface area contributed by atoms with Crippen LogP contribution >= 0.6 is 0 Å².